The Kier molecular flexibility index (Phi) is 6.00. The molecule has 0 aromatic carbocycles. The predicted molar refractivity (Wildman–Crippen MR) is 114 cm³/mol. The van der Waals surface area contributed by atoms with Gasteiger partial charge >= 0.3 is 0 Å². The topological polar surface area (TPSA) is 96.6 Å². The zero-order chi connectivity index (χ0) is 21.5. The summed E-state index contributed by atoms with van der Waals surface area (Å²) >= 11 is 1.34. The summed E-state index contributed by atoms with van der Waals surface area (Å²) in [7, 11) is -3.69. The minimum atomic E-state index is -3.69. The van der Waals surface area contributed by atoms with Crippen LogP contribution in [0.25, 0.3) is 10.7 Å². The molecule has 2 saturated heterocycles. The summed E-state index contributed by atoms with van der Waals surface area (Å²) < 4.78 is 33.3. The first-order chi connectivity index (χ1) is 14.3. The lowest BCUT2D eigenvalue weighted by atomic mass is 9.94. The van der Waals surface area contributed by atoms with Gasteiger partial charge in [0, 0.05) is 38.0 Å². The second kappa shape index (κ2) is 8.39. The summed E-state index contributed by atoms with van der Waals surface area (Å²) in [6.07, 6.45) is 3.48. The molecule has 0 radical (unpaired) electrons. The van der Waals surface area contributed by atoms with Crippen molar-refractivity contribution in [2.45, 2.75) is 51.3 Å². The normalized spacial score (nSPS) is 21.8. The molecule has 0 saturated carbocycles. The van der Waals surface area contributed by atoms with E-state index >= 15 is 0 Å². The smallest absolute Gasteiger partial charge is 0.244 e. The van der Waals surface area contributed by atoms with Crippen LogP contribution in [0.3, 0.4) is 0 Å². The molecule has 4 heterocycles. The summed E-state index contributed by atoms with van der Waals surface area (Å²) in [5.41, 5.74) is 0. The van der Waals surface area contributed by atoms with E-state index in [1.165, 1.54) is 15.6 Å². The van der Waals surface area contributed by atoms with Gasteiger partial charge in [-0.1, -0.05) is 12.1 Å². The molecule has 2 aliphatic heterocycles. The second-order valence-corrected chi connectivity index (χ2v) is 11.5. The zero-order valence-corrected chi connectivity index (χ0v) is 19.3. The summed E-state index contributed by atoms with van der Waals surface area (Å²) in [6.45, 7) is 7.94. The lowest BCUT2D eigenvalue weighted by Gasteiger charge is -2.36. The SMILES string of the molecule is Cc1nc(-c2cc(S(=O)(=O)N3CCC[C@H](C(=O)N4CCC(C)CC4)C3)c(C)s2)no1. The zero-order valence-electron chi connectivity index (χ0n) is 17.6. The van der Waals surface area contributed by atoms with Gasteiger partial charge in [0.1, 0.15) is 0 Å². The molecule has 8 nitrogen and oxygen atoms in total. The molecule has 0 spiro atoms. The van der Waals surface area contributed by atoms with Crippen molar-refractivity contribution in [1.82, 2.24) is 19.3 Å². The molecule has 2 aliphatic rings. The van der Waals surface area contributed by atoms with Crippen molar-refractivity contribution in [3.63, 3.8) is 0 Å². The van der Waals surface area contributed by atoms with Gasteiger partial charge in [-0.2, -0.15) is 9.29 Å². The number of amides is 1. The number of thiophene rings is 1. The number of carbonyl (C=O) groups is 1. The fourth-order valence-corrected chi connectivity index (χ4v) is 7.23. The molecule has 1 amide bonds. The van der Waals surface area contributed by atoms with Gasteiger partial charge in [0.15, 0.2) is 0 Å². The van der Waals surface area contributed by atoms with E-state index in [1.807, 2.05) is 4.90 Å². The van der Waals surface area contributed by atoms with E-state index in [0.29, 0.717) is 40.4 Å². The van der Waals surface area contributed by atoms with Crippen molar-refractivity contribution >= 4 is 27.3 Å². The monoisotopic (exact) mass is 452 g/mol. The van der Waals surface area contributed by atoms with E-state index in [2.05, 4.69) is 17.1 Å². The molecule has 0 N–H and O–H groups in total. The number of likely N-dealkylation sites (tertiary alicyclic amines) is 1. The molecule has 2 fully saturated rings. The number of rotatable bonds is 4. The van der Waals surface area contributed by atoms with Crippen molar-refractivity contribution in [3.8, 4) is 10.7 Å². The molecule has 1 atom stereocenters. The van der Waals surface area contributed by atoms with Crippen LogP contribution in [0.4, 0.5) is 0 Å². The number of hydrogen-bond acceptors (Lipinski definition) is 7. The van der Waals surface area contributed by atoms with Gasteiger partial charge in [0.05, 0.1) is 15.7 Å². The van der Waals surface area contributed by atoms with Crippen molar-refractivity contribution in [1.29, 1.82) is 0 Å². The van der Waals surface area contributed by atoms with Crippen LogP contribution in [0.2, 0.25) is 0 Å². The van der Waals surface area contributed by atoms with Gasteiger partial charge < -0.3 is 9.42 Å². The fraction of sp³-hybridized carbons (Fsp3) is 0.650. The molecule has 0 aliphatic carbocycles. The maximum atomic E-state index is 13.4. The predicted octanol–water partition coefficient (Wildman–Crippen LogP) is 3.07. The average Bonchev–Trinajstić information content (AvgIpc) is 3.34. The molecule has 10 heteroatoms. The van der Waals surface area contributed by atoms with Gasteiger partial charge in [0.2, 0.25) is 27.6 Å². The molecular formula is C20H28N4O4S2. The standard InChI is InChI=1S/C20H28N4O4S2/c1-13-6-9-23(10-7-13)20(25)16-5-4-8-24(12-16)30(26,27)18-11-17(29-14(18)2)19-21-15(3)28-22-19/h11,13,16H,4-10,12H2,1-3H3/t16-/m0/s1. The van der Waals surface area contributed by atoms with Crippen LogP contribution in [0.5, 0.6) is 0 Å². The Balaban J connectivity index is 1.51. The number of aryl methyl sites for hydroxylation is 2. The molecule has 164 valence electrons. The minimum Gasteiger partial charge on any atom is -0.342 e. The Bertz CT molecular complexity index is 1020. The summed E-state index contributed by atoms with van der Waals surface area (Å²) in [5, 5.41) is 3.89. The Morgan fingerprint density at radius 2 is 1.93 bits per heavy atom. The maximum Gasteiger partial charge on any atom is 0.244 e. The minimum absolute atomic E-state index is 0.104. The second-order valence-electron chi connectivity index (χ2n) is 8.38. The molecule has 2 aromatic heterocycles. The summed E-state index contributed by atoms with van der Waals surface area (Å²) in [4.78, 5) is 20.7. The van der Waals surface area contributed by atoms with Gasteiger partial charge in [-0.15, -0.1) is 11.3 Å². The van der Waals surface area contributed by atoms with Crippen LogP contribution in [0.15, 0.2) is 15.5 Å². The molecule has 30 heavy (non-hydrogen) atoms. The van der Waals surface area contributed by atoms with Crippen LogP contribution in [-0.4, -0.2) is 59.8 Å². The highest BCUT2D eigenvalue weighted by molar-refractivity contribution is 7.89. The lowest BCUT2D eigenvalue weighted by molar-refractivity contribution is -0.138. The largest absolute Gasteiger partial charge is 0.342 e. The van der Waals surface area contributed by atoms with Crippen LogP contribution < -0.4 is 0 Å². The molecule has 0 bridgehead atoms. The first-order valence-corrected chi connectivity index (χ1v) is 12.7. The van der Waals surface area contributed by atoms with Crippen molar-refractivity contribution in [2.75, 3.05) is 26.2 Å². The van der Waals surface area contributed by atoms with E-state index < -0.39 is 10.0 Å². The molecule has 4 rings (SSSR count). The Labute approximate surface area is 181 Å². The van der Waals surface area contributed by atoms with Crippen molar-refractivity contribution in [3.05, 3.63) is 16.8 Å². The fourth-order valence-electron chi connectivity index (χ4n) is 4.22. The van der Waals surface area contributed by atoms with Crippen LogP contribution in [0.1, 0.15) is 43.4 Å². The quantitative estimate of drug-likeness (QED) is 0.707. The van der Waals surface area contributed by atoms with Gasteiger partial charge in [-0.3, -0.25) is 4.79 Å². The van der Waals surface area contributed by atoms with Crippen LogP contribution in [0, 0.1) is 25.7 Å². The van der Waals surface area contributed by atoms with Gasteiger partial charge in [-0.25, -0.2) is 8.42 Å². The first-order valence-electron chi connectivity index (χ1n) is 10.5. The number of hydrogen-bond donors (Lipinski definition) is 0. The number of nitrogens with zero attached hydrogens (tertiary/aromatic N) is 4. The Morgan fingerprint density at radius 3 is 2.60 bits per heavy atom. The third kappa shape index (κ3) is 4.17. The molecule has 2 aromatic rings. The third-order valence-corrected chi connectivity index (χ3v) is 9.23. The highest BCUT2D eigenvalue weighted by Gasteiger charge is 2.37. The van der Waals surface area contributed by atoms with E-state index in [4.69, 9.17) is 4.52 Å². The van der Waals surface area contributed by atoms with Crippen molar-refractivity contribution < 1.29 is 17.7 Å². The van der Waals surface area contributed by atoms with E-state index in [9.17, 15) is 13.2 Å². The lowest BCUT2D eigenvalue weighted by Crippen LogP contribution is -2.48. The first kappa shape index (κ1) is 21.5. The third-order valence-electron chi connectivity index (χ3n) is 6.07. The number of carbonyl (C=O) groups excluding carboxylic acids is 1. The van der Waals surface area contributed by atoms with E-state index in [-0.39, 0.29) is 23.3 Å². The van der Waals surface area contributed by atoms with Crippen LogP contribution >= 0.6 is 11.3 Å². The highest BCUT2D eigenvalue weighted by Crippen LogP contribution is 2.35. The summed E-state index contributed by atoms with van der Waals surface area (Å²) in [6, 6.07) is 1.62. The van der Waals surface area contributed by atoms with Crippen molar-refractivity contribution in [2.24, 2.45) is 11.8 Å². The summed E-state index contributed by atoms with van der Waals surface area (Å²) in [5.74, 6) is 1.32. The highest BCUT2D eigenvalue weighted by atomic mass is 32.2. The van der Waals surface area contributed by atoms with Gasteiger partial charge in [0.25, 0.3) is 0 Å². The number of sulfonamides is 1. The van der Waals surface area contributed by atoms with E-state index in [0.717, 1.165) is 32.4 Å². The molecular weight excluding hydrogens is 424 g/mol. The number of aromatic nitrogens is 2. The number of piperidine rings is 2. The van der Waals surface area contributed by atoms with E-state index in [1.54, 1.807) is 19.9 Å². The molecule has 0 unspecified atom stereocenters. The Morgan fingerprint density at radius 1 is 1.20 bits per heavy atom. The average molecular weight is 453 g/mol. The van der Waals surface area contributed by atoms with Crippen LogP contribution in [-0.2, 0) is 14.8 Å². The maximum absolute atomic E-state index is 13.4. The van der Waals surface area contributed by atoms with Gasteiger partial charge in [-0.05, 0) is 44.6 Å². The Hall–Kier alpha value is -1.78.